The Bertz CT molecular complexity index is 321. The van der Waals surface area contributed by atoms with Crippen LogP contribution in [0, 0.1) is 5.92 Å². The zero-order valence-corrected chi connectivity index (χ0v) is 8.48. The summed E-state index contributed by atoms with van der Waals surface area (Å²) >= 11 is 0. The summed E-state index contributed by atoms with van der Waals surface area (Å²) in [6.45, 7) is 3.20. The van der Waals surface area contributed by atoms with Gasteiger partial charge in [0.1, 0.15) is 5.82 Å². The normalized spacial score (nSPS) is 23.2. The minimum Gasteiger partial charge on any atom is -0.394 e. The van der Waals surface area contributed by atoms with E-state index < -0.39 is 0 Å². The molecule has 14 heavy (non-hydrogen) atoms. The fraction of sp³-hybridized carbons (Fsp3) is 0.700. The highest BCUT2D eigenvalue weighted by Gasteiger charge is 2.21. The van der Waals surface area contributed by atoms with Crippen LogP contribution in [-0.2, 0) is 13.0 Å². The van der Waals surface area contributed by atoms with E-state index in [-0.39, 0.29) is 12.6 Å². The fourth-order valence-corrected chi connectivity index (χ4v) is 2.01. The molecule has 4 heteroatoms. The van der Waals surface area contributed by atoms with Crippen LogP contribution in [-0.4, -0.2) is 21.3 Å². The second-order valence-corrected chi connectivity index (χ2v) is 4.14. The second kappa shape index (κ2) is 3.71. The standard InChI is InChI=1S/C10H17N3O/c1-7-2-3-10-12-4-9(8(11)6-14)13(10)5-7/h4,7-8,14H,2-3,5-6,11H2,1H3. The molecular weight excluding hydrogens is 178 g/mol. The van der Waals surface area contributed by atoms with Gasteiger partial charge in [-0.25, -0.2) is 4.98 Å². The van der Waals surface area contributed by atoms with Gasteiger partial charge in [-0.1, -0.05) is 6.92 Å². The first kappa shape index (κ1) is 9.68. The SMILES string of the molecule is CC1CCc2ncc(C(N)CO)n2C1. The summed E-state index contributed by atoms with van der Waals surface area (Å²) in [7, 11) is 0. The van der Waals surface area contributed by atoms with E-state index in [1.807, 2.05) is 0 Å². The van der Waals surface area contributed by atoms with Gasteiger partial charge >= 0.3 is 0 Å². The smallest absolute Gasteiger partial charge is 0.108 e. The number of hydrogen-bond donors (Lipinski definition) is 2. The van der Waals surface area contributed by atoms with E-state index in [2.05, 4.69) is 16.5 Å². The predicted octanol–water partition coefficient (Wildman–Crippen LogP) is 0.457. The van der Waals surface area contributed by atoms with Crippen molar-refractivity contribution >= 4 is 0 Å². The molecule has 4 nitrogen and oxygen atoms in total. The van der Waals surface area contributed by atoms with Crippen molar-refractivity contribution in [1.82, 2.24) is 9.55 Å². The Kier molecular flexibility index (Phi) is 2.56. The molecule has 78 valence electrons. The van der Waals surface area contributed by atoms with Crippen molar-refractivity contribution in [3.8, 4) is 0 Å². The summed E-state index contributed by atoms with van der Waals surface area (Å²) in [5.74, 6) is 1.79. The van der Waals surface area contributed by atoms with E-state index in [1.165, 1.54) is 6.42 Å². The van der Waals surface area contributed by atoms with Crippen LogP contribution in [0.4, 0.5) is 0 Å². The Hall–Kier alpha value is -0.870. The molecule has 0 saturated heterocycles. The van der Waals surface area contributed by atoms with E-state index in [1.54, 1.807) is 6.20 Å². The Balaban J connectivity index is 2.30. The molecule has 2 unspecified atom stereocenters. The average Bonchev–Trinajstić information content (AvgIpc) is 2.59. The van der Waals surface area contributed by atoms with Crippen LogP contribution in [0.3, 0.4) is 0 Å². The zero-order chi connectivity index (χ0) is 10.1. The number of hydrogen-bond acceptors (Lipinski definition) is 3. The minimum absolute atomic E-state index is 0.0144. The Morgan fingerprint density at radius 3 is 3.29 bits per heavy atom. The molecule has 1 aromatic rings. The van der Waals surface area contributed by atoms with Gasteiger partial charge in [0.25, 0.3) is 0 Å². The Morgan fingerprint density at radius 2 is 2.57 bits per heavy atom. The fourth-order valence-electron chi connectivity index (χ4n) is 2.01. The van der Waals surface area contributed by atoms with Crippen molar-refractivity contribution in [1.29, 1.82) is 0 Å². The molecule has 2 heterocycles. The third-order valence-corrected chi connectivity index (χ3v) is 2.90. The van der Waals surface area contributed by atoms with Crippen LogP contribution >= 0.6 is 0 Å². The number of rotatable bonds is 2. The van der Waals surface area contributed by atoms with E-state index in [0.717, 1.165) is 24.5 Å². The van der Waals surface area contributed by atoms with Gasteiger partial charge in [0, 0.05) is 13.0 Å². The summed E-state index contributed by atoms with van der Waals surface area (Å²) in [4.78, 5) is 4.33. The molecule has 3 N–H and O–H groups in total. The molecule has 0 fully saturated rings. The highest BCUT2D eigenvalue weighted by molar-refractivity contribution is 5.12. The molecule has 0 saturated carbocycles. The van der Waals surface area contributed by atoms with Gasteiger partial charge in [0.05, 0.1) is 24.5 Å². The number of aryl methyl sites for hydroxylation is 1. The van der Waals surface area contributed by atoms with Crippen molar-refractivity contribution in [3.05, 3.63) is 17.7 Å². The summed E-state index contributed by atoms with van der Waals surface area (Å²) in [6, 6.07) is -0.290. The number of fused-ring (bicyclic) bond motifs is 1. The zero-order valence-electron chi connectivity index (χ0n) is 8.48. The first-order valence-corrected chi connectivity index (χ1v) is 5.13. The van der Waals surface area contributed by atoms with Gasteiger partial charge < -0.3 is 15.4 Å². The van der Waals surface area contributed by atoms with Crippen molar-refractivity contribution in [2.24, 2.45) is 11.7 Å². The van der Waals surface area contributed by atoms with Crippen LogP contribution < -0.4 is 5.73 Å². The van der Waals surface area contributed by atoms with Crippen LogP contribution in [0.25, 0.3) is 0 Å². The molecule has 1 aliphatic rings. The van der Waals surface area contributed by atoms with Gasteiger partial charge in [-0.3, -0.25) is 0 Å². The van der Waals surface area contributed by atoms with Gasteiger partial charge in [0.2, 0.25) is 0 Å². The number of nitrogens with zero attached hydrogens (tertiary/aromatic N) is 2. The van der Waals surface area contributed by atoms with Gasteiger partial charge in [-0.05, 0) is 12.3 Å². The van der Waals surface area contributed by atoms with Crippen LogP contribution in [0.2, 0.25) is 0 Å². The molecule has 0 amide bonds. The van der Waals surface area contributed by atoms with Gasteiger partial charge in [-0.15, -0.1) is 0 Å². The largest absolute Gasteiger partial charge is 0.394 e. The van der Waals surface area contributed by atoms with Crippen molar-refractivity contribution in [2.45, 2.75) is 32.4 Å². The number of aromatic nitrogens is 2. The van der Waals surface area contributed by atoms with E-state index in [9.17, 15) is 0 Å². The maximum absolute atomic E-state index is 9.01. The maximum Gasteiger partial charge on any atom is 0.108 e. The predicted molar refractivity (Wildman–Crippen MR) is 53.7 cm³/mol. The summed E-state index contributed by atoms with van der Waals surface area (Å²) in [6.07, 6.45) is 4.03. The molecule has 0 spiro atoms. The van der Waals surface area contributed by atoms with E-state index >= 15 is 0 Å². The highest BCUT2D eigenvalue weighted by atomic mass is 16.3. The lowest BCUT2D eigenvalue weighted by Gasteiger charge is -2.23. The lowest BCUT2D eigenvalue weighted by atomic mass is 10.0. The topological polar surface area (TPSA) is 64.1 Å². The van der Waals surface area contributed by atoms with Crippen LogP contribution in [0.1, 0.15) is 30.9 Å². The van der Waals surface area contributed by atoms with Crippen LogP contribution in [0.5, 0.6) is 0 Å². The first-order valence-electron chi connectivity index (χ1n) is 5.13. The molecule has 1 aromatic heterocycles. The van der Waals surface area contributed by atoms with Gasteiger partial charge in [-0.2, -0.15) is 0 Å². The number of nitrogens with two attached hydrogens (primary N) is 1. The maximum atomic E-state index is 9.01. The molecule has 0 bridgehead atoms. The molecular formula is C10H17N3O. The lowest BCUT2D eigenvalue weighted by Crippen LogP contribution is -2.24. The third kappa shape index (κ3) is 1.55. The van der Waals surface area contributed by atoms with Gasteiger partial charge in [0.15, 0.2) is 0 Å². The number of aliphatic hydroxyl groups excluding tert-OH is 1. The van der Waals surface area contributed by atoms with E-state index in [4.69, 9.17) is 10.8 Å². The summed E-state index contributed by atoms with van der Waals surface area (Å²) in [5, 5.41) is 9.01. The molecule has 2 rings (SSSR count). The quantitative estimate of drug-likeness (QED) is 0.720. The highest BCUT2D eigenvalue weighted by Crippen LogP contribution is 2.22. The average molecular weight is 195 g/mol. The third-order valence-electron chi connectivity index (χ3n) is 2.90. The Labute approximate surface area is 83.8 Å². The molecule has 1 aliphatic heterocycles. The molecule has 2 atom stereocenters. The van der Waals surface area contributed by atoms with Crippen molar-refractivity contribution < 1.29 is 5.11 Å². The lowest BCUT2D eigenvalue weighted by molar-refractivity contribution is 0.259. The summed E-state index contributed by atoms with van der Waals surface area (Å²) in [5.41, 5.74) is 6.76. The minimum atomic E-state index is -0.290. The molecule has 0 aliphatic carbocycles. The van der Waals surface area contributed by atoms with Crippen molar-refractivity contribution in [3.63, 3.8) is 0 Å². The second-order valence-electron chi connectivity index (χ2n) is 4.14. The molecule has 0 radical (unpaired) electrons. The van der Waals surface area contributed by atoms with Crippen molar-refractivity contribution in [2.75, 3.05) is 6.61 Å². The molecule has 0 aromatic carbocycles. The van der Waals surface area contributed by atoms with Crippen LogP contribution in [0.15, 0.2) is 6.20 Å². The number of imidazole rings is 1. The Morgan fingerprint density at radius 1 is 1.79 bits per heavy atom. The first-order chi connectivity index (χ1) is 6.72. The monoisotopic (exact) mass is 195 g/mol. The number of aliphatic hydroxyl groups is 1. The van der Waals surface area contributed by atoms with E-state index in [0.29, 0.717) is 5.92 Å². The summed E-state index contributed by atoms with van der Waals surface area (Å²) < 4.78 is 2.16.